The van der Waals surface area contributed by atoms with Gasteiger partial charge in [0.05, 0.1) is 26.5 Å². The quantitative estimate of drug-likeness (QED) is 0.753. The molecular formula is C18H28N2O5S. The molecule has 0 N–H and O–H groups in total. The first-order chi connectivity index (χ1) is 12.2. The van der Waals surface area contributed by atoms with Crippen molar-refractivity contribution in [2.45, 2.75) is 51.4 Å². The summed E-state index contributed by atoms with van der Waals surface area (Å²) in [6.45, 7) is 4.14. The van der Waals surface area contributed by atoms with E-state index in [0.29, 0.717) is 12.8 Å². The predicted molar refractivity (Wildman–Crippen MR) is 99.6 cm³/mol. The highest BCUT2D eigenvalue weighted by Crippen LogP contribution is 2.33. The summed E-state index contributed by atoms with van der Waals surface area (Å²) in [5.74, 6) is 0.720. The van der Waals surface area contributed by atoms with Gasteiger partial charge in [-0.05, 0) is 37.5 Å². The molecule has 0 bridgehead atoms. The normalized spacial score (nSPS) is 23.3. The molecule has 0 unspecified atom stereocenters. The van der Waals surface area contributed by atoms with Crippen molar-refractivity contribution in [2.75, 3.05) is 20.5 Å². The van der Waals surface area contributed by atoms with Gasteiger partial charge in [-0.2, -0.15) is 4.31 Å². The van der Waals surface area contributed by atoms with E-state index in [1.807, 2.05) is 38.1 Å². The number of ether oxygens (including phenoxy) is 2. The number of hydrogen-bond acceptors (Lipinski definition) is 5. The molecule has 146 valence electrons. The van der Waals surface area contributed by atoms with Gasteiger partial charge in [0.2, 0.25) is 10.0 Å². The molecule has 26 heavy (non-hydrogen) atoms. The third kappa shape index (κ3) is 4.29. The molecule has 0 saturated carbocycles. The van der Waals surface area contributed by atoms with E-state index in [4.69, 9.17) is 9.47 Å². The highest BCUT2D eigenvalue weighted by atomic mass is 32.2. The lowest BCUT2D eigenvalue weighted by Gasteiger charge is -2.33. The average molecular weight is 384 g/mol. The van der Waals surface area contributed by atoms with Gasteiger partial charge in [-0.15, -0.1) is 0 Å². The Kier molecular flexibility index (Phi) is 6.52. The molecule has 1 aromatic carbocycles. The number of methoxy groups -OCH3 is 2. The Morgan fingerprint density at radius 3 is 2.35 bits per heavy atom. The van der Waals surface area contributed by atoms with Crippen LogP contribution in [0.3, 0.4) is 0 Å². The molecule has 1 amide bonds. The average Bonchev–Trinajstić information content (AvgIpc) is 2.94. The summed E-state index contributed by atoms with van der Waals surface area (Å²) in [4.78, 5) is 13.8. The van der Waals surface area contributed by atoms with E-state index in [-0.39, 0.29) is 24.7 Å². The van der Waals surface area contributed by atoms with Crippen molar-refractivity contribution in [2.24, 2.45) is 0 Å². The molecular weight excluding hydrogens is 356 g/mol. The Labute approximate surface area is 155 Å². The van der Waals surface area contributed by atoms with E-state index >= 15 is 0 Å². The minimum absolute atomic E-state index is 0.0856. The van der Waals surface area contributed by atoms with Crippen molar-refractivity contribution in [3.8, 4) is 5.75 Å². The molecule has 1 aromatic rings. The number of benzene rings is 1. The highest BCUT2D eigenvalue weighted by Gasteiger charge is 2.46. The second-order valence-electron chi connectivity index (χ2n) is 6.66. The molecule has 3 atom stereocenters. The van der Waals surface area contributed by atoms with Crippen molar-refractivity contribution < 1.29 is 22.7 Å². The van der Waals surface area contributed by atoms with Crippen LogP contribution >= 0.6 is 0 Å². The Morgan fingerprint density at radius 2 is 1.88 bits per heavy atom. The molecule has 1 aliphatic rings. The number of hydrogen-bond donors (Lipinski definition) is 0. The number of nitrogens with zero attached hydrogens (tertiary/aromatic N) is 2. The zero-order chi connectivity index (χ0) is 19.5. The lowest BCUT2D eigenvalue weighted by atomic mass is 10.1. The second-order valence-corrected chi connectivity index (χ2v) is 8.60. The van der Waals surface area contributed by atoms with E-state index in [0.717, 1.165) is 11.3 Å². The molecule has 0 radical (unpaired) electrons. The van der Waals surface area contributed by atoms with Gasteiger partial charge in [-0.25, -0.2) is 13.2 Å². The van der Waals surface area contributed by atoms with Gasteiger partial charge in [0.15, 0.2) is 0 Å². The smallest absolute Gasteiger partial charge is 0.410 e. The Bertz CT molecular complexity index is 720. The minimum Gasteiger partial charge on any atom is -0.497 e. The molecule has 1 heterocycles. The summed E-state index contributed by atoms with van der Waals surface area (Å²) in [5.41, 5.74) is 0.871. The fraction of sp³-hybridized carbons (Fsp3) is 0.611. The zero-order valence-corrected chi connectivity index (χ0v) is 16.8. The number of amides is 1. The third-order valence-electron chi connectivity index (χ3n) is 4.96. The van der Waals surface area contributed by atoms with E-state index in [9.17, 15) is 13.2 Å². The first kappa shape index (κ1) is 20.5. The summed E-state index contributed by atoms with van der Waals surface area (Å²) < 4.78 is 36.6. The van der Waals surface area contributed by atoms with Gasteiger partial charge < -0.3 is 14.4 Å². The van der Waals surface area contributed by atoms with Crippen LogP contribution in [0.2, 0.25) is 0 Å². The van der Waals surface area contributed by atoms with Gasteiger partial charge in [-0.1, -0.05) is 19.1 Å². The van der Waals surface area contributed by atoms with Crippen LogP contribution in [0.4, 0.5) is 4.79 Å². The van der Waals surface area contributed by atoms with Gasteiger partial charge in [0, 0.05) is 18.6 Å². The van der Waals surface area contributed by atoms with Crippen LogP contribution in [-0.2, 0) is 21.3 Å². The summed E-state index contributed by atoms with van der Waals surface area (Å²) in [7, 11) is -0.525. The van der Waals surface area contributed by atoms with Crippen molar-refractivity contribution in [3.05, 3.63) is 29.8 Å². The maximum atomic E-state index is 12.5. The van der Waals surface area contributed by atoms with Crippen LogP contribution in [0.1, 0.15) is 32.3 Å². The van der Waals surface area contributed by atoms with E-state index < -0.39 is 16.1 Å². The van der Waals surface area contributed by atoms with Crippen LogP contribution in [0.5, 0.6) is 5.75 Å². The van der Waals surface area contributed by atoms with Crippen molar-refractivity contribution in [1.82, 2.24) is 9.21 Å². The van der Waals surface area contributed by atoms with Gasteiger partial charge in [0.25, 0.3) is 0 Å². The Hall–Kier alpha value is -1.80. The van der Waals surface area contributed by atoms with E-state index in [1.54, 1.807) is 12.0 Å². The van der Waals surface area contributed by atoms with E-state index in [1.165, 1.54) is 17.7 Å². The lowest BCUT2D eigenvalue weighted by molar-refractivity contribution is 0.0980. The van der Waals surface area contributed by atoms with Crippen LogP contribution < -0.4 is 4.74 Å². The minimum atomic E-state index is -3.46. The first-order valence-electron chi connectivity index (χ1n) is 8.68. The molecule has 0 aliphatic carbocycles. The monoisotopic (exact) mass is 384 g/mol. The summed E-state index contributed by atoms with van der Waals surface area (Å²) >= 11 is 0. The van der Waals surface area contributed by atoms with Crippen LogP contribution in [0.25, 0.3) is 0 Å². The predicted octanol–water partition coefficient (Wildman–Crippen LogP) is 2.46. The maximum absolute atomic E-state index is 12.5. The van der Waals surface area contributed by atoms with Crippen molar-refractivity contribution in [1.29, 1.82) is 0 Å². The Balaban J connectivity index is 2.32. The molecule has 1 fully saturated rings. The van der Waals surface area contributed by atoms with Crippen LogP contribution in [-0.4, -0.2) is 62.3 Å². The number of likely N-dealkylation sites (tertiary alicyclic amines) is 1. The van der Waals surface area contributed by atoms with Crippen molar-refractivity contribution >= 4 is 16.1 Å². The standard InChI is InChI=1S/C18H28N2O5S/c1-6-16-17(11-13(2)20(16)18(21)25-4)19(26(5,22)23)12-14-7-9-15(24-3)10-8-14/h7-10,13,16-17H,6,11-12H2,1-5H3/t13-,16+,17+/m1/s1. The lowest BCUT2D eigenvalue weighted by Crippen LogP contribution is -2.48. The van der Waals surface area contributed by atoms with E-state index in [2.05, 4.69) is 0 Å². The number of rotatable bonds is 6. The molecule has 1 aliphatic heterocycles. The molecule has 0 spiro atoms. The van der Waals surface area contributed by atoms with Crippen LogP contribution in [0, 0.1) is 0 Å². The molecule has 8 heteroatoms. The Morgan fingerprint density at radius 1 is 1.27 bits per heavy atom. The van der Waals surface area contributed by atoms with Gasteiger partial charge in [-0.3, -0.25) is 0 Å². The molecule has 7 nitrogen and oxygen atoms in total. The van der Waals surface area contributed by atoms with Crippen LogP contribution in [0.15, 0.2) is 24.3 Å². The summed E-state index contributed by atoms with van der Waals surface area (Å²) in [5, 5.41) is 0. The summed E-state index contributed by atoms with van der Waals surface area (Å²) in [6, 6.07) is 6.74. The largest absolute Gasteiger partial charge is 0.497 e. The van der Waals surface area contributed by atoms with Gasteiger partial charge >= 0.3 is 6.09 Å². The first-order valence-corrected chi connectivity index (χ1v) is 10.5. The second kappa shape index (κ2) is 8.26. The molecule has 1 saturated heterocycles. The SMILES string of the molecule is CC[C@H]1[C@@H](N(Cc2ccc(OC)cc2)S(C)(=O)=O)C[C@@H](C)N1C(=O)OC. The van der Waals surface area contributed by atoms with Crippen molar-refractivity contribution in [3.63, 3.8) is 0 Å². The highest BCUT2D eigenvalue weighted by molar-refractivity contribution is 7.88. The fourth-order valence-corrected chi connectivity index (χ4v) is 4.82. The topological polar surface area (TPSA) is 76.2 Å². The number of sulfonamides is 1. The fourth-order valence-electron chi connectivity index (χ4n) is 3.72. The molecule has 2 rings (SSSR count). The van der Waals surface area contributed by atoms with Gasteiger partial charge in [0.1, 0.15) is 5.75 Å². The molecule has 0 aromatic heterocycles. The number of carbonyl (C=O) groups excluding carboxylic acids is 1. The zero-order valence-electron chi connectivity index (χ0n) is 16.0. The number of carbonyl (C=O) groups is 1. The maximum Gasteiger partial charge on any atom is 0.410 e. The summed E-state index contributed by atoms with van der Waals surface area (Å²) in [6.07, 6.45) is 2.04. The third-order valence-corrected chi connectivity index (χ3v) is 6.21.